The molecule has 0 unspecified atom stereocenters. The molecule has 1 aliphatic rings. The van der Waals surface area contributed by atoms with Crippen LogP contribution in [0.15, 0.2) is 0 Å². The van der Waals surface area contributed by atoms with E-state index in [-0.39, 0.29) is 50.0 Å². The van der Waals surface area contributed by atoms with Crippen molar-refractivity contribution in [2.45, 2.75) is 0 Å². The lowest BCUT2D eigenvalue weighted by Crippen LogP contribution is -2.49. The van der Waals surface area contributed by atoms with Crippen LogP contribution in [0.2, 0.25) is 0 Å². The smallest absolute Gasteiger partial charge is 0.319 e. The molecule has 1 fully saturated rings. The summed E-state index contributed by atoms with van der Waals surface area (Å²) in [4.78, 5) is 55.4. The standard InChI is InChI=1S/C20H37N5O7/c1-21-17(26)13-22-5-7-23(14-18(27)30-2)9-11-25(16-20(29)32-4)12-10-24(8-6-22)15-19(28)31-3/h5-16H2,1-4H3,(H,21,26). The highest BCUT2D eigenvalue weighted by molar-refractivity contribution is 5.77. The minimum Gasteiger partial charge on any atom is -0.468 e. The third-order valence-electron chi connectivity index (χ3n) is 5.32. The normalized spacial score (nSPS) is 18.1. The number of rotatable bonds is 8. The van der Waals surface area contributed by atoms with Gasteiger partial charge in [-0.05, 0) is 0 Å². The number of nitrogens with zero attached hydrogens (tertiary/aromatic N) is 4. The van der Waals surface area contributed by atoms with Gasteiger partial charge in [0.25, 0.3) is 0 Å². The van der Waals surface area contributed by atoms with Gasteiger partial charge < -0.3 is 19.5 Å². The molecule has 0 aromatic heterocycles. The van der Waals surface area contributed by atoms with Gasteiger partial charge in [0.1, 0.15) is 0 Å². The van der Waals surface area contributed by atoms with Crippen molar-refractivity contribution in [1.82, 2.24) is 24.9 Å². The first-order valence-corrected chi connectivity index (χ1v) is 10.6. The second kappa shape index (κ2) is 15.5. The number of hydrogen-bond acceptors (Lipinski definition) is 11. The van der Waals surface area contributed by atoms with Crippen LogP contribution in [0.4, 0.5) is 0 Å². The molecule has 184 valence electrons. The fraction of sp³-hybridized carbons (Fsp3) is 0.800. The number of methoxy groups -OCH3 is 3. The average molecular weight is 460 g/mol. The van der Waals surface area contributed by atoms with Crippen molar-refractivity contribution in [3.05, 3.63) is 0 Å². The quantitative estimate of drug-likeness (QED) is 0.306. The molecule has 0 atom stereocenters. The summed E-state index contributed by atoms with van der Waals surface area (Å²) >= 11 is 0. The summed E-state index contributed by atoms with van der Waals surface area (Å²) < 4.78 is 14.4. The Morgan fingerprint density at radius 3 is 1.03 bits per heavy atom. The van der Waals surface area contributed by atoms with E-state index in [4.69, 9.17) is 14.2 Å². The predicted molar refractivity (Wildman–Crippen MR) is 116 cm³/mol. The third kappa shape index (κ3) is 11.4. The van der Waals surface area contributed by atoms with E-state index < -0.39 is 0 Å². The van der Waals surface area contributed by atoms with E-state index in [0.29, 0.717) is 52.4 Å². The van der Waals surface area contributed by atoms with Crippen LogP contribution in [0.5, 0.6) is 0 Å². The average Bonchev–Trinajstić information content (AvgIpc) is 2.79. The molecule has 0 saturated carbocycles. The van der Waals surface area contributed by atoms with Gasteiger partial charge >= 0.3 is 17.9 Å². The molecule has 32 heavy (non-hydrogen) atoms. The van der Waals surface area contributed by atoms with Gasteiger partial charge in [0.2, 0.25) is 5.91 Å². The number of ether oxygens (including phenoxy) is 3. The molecule has 1 aliphatic heterocycles. The molecule has 0 aromatic rings. The summed E-state index contributed by atoms with van der Waals surface area (Å²) in [6.07, 6.45) is 0. The van der Waals surface area contributed by atoms with Crippen LogP contribution in [-0.2, 0) is 33.4 Å². The molecule has 1 amide bonds. The van der Waals surface area contributed by atoms with Crippen LogP contribution < -0.4 is 5.32 Å². The molecule has 1 saturated heterocycles. The summed E-state index contributed by atoms with van der Waals surface area (Å²) in [7, 11) is 5.61. The minimum atomic E-state index is -0.354. The SMILES string of the molecule is CNC(=O)CN1CCN(CC(=O)OC)CCN(CC(=O)OC)CCN(CC(=O)OC)CC1. The Kier molecular flexibility index (Phi) is 13.5. The van der Waals surface area contributed by atoms with Gasteiger partial charge in [-0.15, -0.1) is 0 Å². The first-order chi connectivity index (χ1) is 15.3. The lowest BCUT2D eigenvalue weighted by molar-refractivity contribution is -0.144. The van der Waals surface area contributed by atoms with Crippen LogP contribution in [0.1, 0.15) is 0 Å². The highest BCUT2D eigenvalue weighted by Crippen LogP contribution is 2.02. The Labute approximate surface area is 189 Å². The van der Waals surface area contributed by atoms with Crippen molar-refractivity contribution in [3.63, 3.8) is 0 Å². The lowest BCUT2D eigenvalue weighted by atomic mass is 10.3. The monoisotopic (exact) mass is 459 g/mol. The lowest BCUT2D eigenvalue weighted by Gasteiger charge is -2.33. The zero-order valence-electron chi connectivity index (χ0n) is 19.6. The molecule has 0 aliphatic carbocycles. The van der Waals surface area contributed by atoms with E-state index in [1.54, 1.807) is 7.05 Å². The zero-order chi connectivity index (χ0) is 23.9. The molecule has 12 nitrogen and oxygen atoms in total. The van der Waals surface area contributed by atoms with E-state index in [9.17, 15) is 19.2 Å². The molecule has 1 N–H and O–H groups in total. The maximum Gasteiger partial charge on any atom is 0.319 e. The van der Waals surface area contributed by atoms with Gasteiger partial charge in [0, 0.05) is 59.4 Å². The number of carbonyl (C=O) groups is 4. The van der Waals surface area contributed by atoms with Crippen molar-refractivity contribution in [2.75, 3.05) is 107 Å². The Hall–Kier alpha value is -2.28. The van der Waals surface area contributed by atoms with Crippen LogP contribution in [0, 0.1) is 0 Å². The fourth-order valence-electron chi connectivity index (χ4n) is 3.23. The van der Waals surface area contributed by atoms with Crippen molar-refractivity contribution >= 4 is 23.8 Å². The topological polar surface area (TPSA) is 121 Å². The maximum absolute atomic E-state index is 12.0. The van der Waals surface area contributed by atoms with Gasteiger partial charge in [0.15, 0.2) is 0 Å². The molecular formula is C20H37N5O7. The summed E-state index contributed by atoms with van der Waals surface area (Å²) in [5.74, 6) is -1.16. The summed E-state index contributed by atoms with van der Waals surface area (Å²) in [5, 5.41) is 2.63. The highest BCUT2D eigenvalue weighted by Gasteiger charge is 2.21. The molecule has 1 heterocycles. The van der Waals surface area contributed by atoms with Gasteiger partial charge in [-0.25, -0.2) is 0 Å². The van der Waals surface area contributed by atoms with Gasteiger partial charge in [0.05, 0.1) is 47.5 Å². The largest absolute Gasteiger partial charge is 0.468 e. The number of carbonyl (C=O) groups excluding carboxylic acids is 4. The summed E-state index contributed by atoms with van der Waals surface area (Å²) in [6.45, 7) is 4.82. The highest BCUT2D eigenvalue weighted by atomic mass is 16.5. The first-order valence-electron chi connectivity index (χ1n) is 10.6. The number of nitrogens with one attached hydrogen (secondary N) is 1. The third-order valence-corrected chi connectivity index (χ3v) is 5.32. The Morgan fingerprint density at radius 2 is 0.812 bits per heavy atom. The van der Waals surface area contributed by atoms with E-state index >= 15 is 0 Å². The molecule has 0 aromatic carbocycles. The van der Waals surface area contributed by atoms with E-state index in [0.717, 1.165) is 0 Å². The van der Waals surface area contributed by atoms with E-state index in [1.807, 2.05) is 19.6 Å². The predicted octanol–water partition coefficient (Wildman–Crippen LogP) is -2.53. The Morgan fingerprint density at radius 1 is 0.562 bits per heavy atom. The Balaban J connectivity index is 2.99. The number of hydrogen-bond donors (Lipinski definition) is 1. The van der Waals surface area contributed by atoms with Crippen molar-refractivity contribution in [2.24, 2.45) is 0 Å². The minimum absolute atomic E-state index is 0.109. The van der Waals surface area contributed by atoms with Crippen molar-refractivity contribution < 1.29 is 33.4 Å². The zero-order valence-corrected chi connectivity index (χ0v) is 19.6. The molecule has 0 bridgehead atoms. The molecule has 12 heteroatoms. The van der Waals surface area contributed by atoms with Crippen LogP contribution in [0.25, 0.3) is 0 Å². The second-order valence-corrected chi connectivity index (χ2v) is 7.51. The summed E-state index contributed by atoms with van der Waals surface area (Å²) in [5.41, 5.74) is 0. The van der Waals surface area contributed by atoms with Crippen LogP contribution in [-0.4, -0.2) is 150 Å². The van der Waals surface area contributed by atoms with Crippen molar-refractivity contribution in [1.29, 1.82) is 0 Å². The van der Waals surface area contributed by atoms with Gasteiger partial charge in [-0.1, -0.05) is 0 Å². The molecule has 0 spiro atoms. The summed E-state index contributed by atoms with van der Waals surface area (Å²) in [6, 6.07) is 0. The second-order valence-electron chi connectivity index (χ2n) is 7.51. The van der Waals surface area contributed by atoms with E-state index in [1.165, 1.54) is 21.3 Å². The van der Waals surface area contributed by atoms with Crippen LogP contribution >= 0.6 is 0 Å². The Bertz CT molecular complexity index is 499. The molecular weight excluding hydrogens is 422 g/mol. The molecule has 0 radical (unpaired) electrons. The fourth-order valence-corrected chi connectivity index (χ4v) is 3.23. The van der Waals surface area contributed by atoms with Gasteiger partial charge in [-0.2, -0.15) is 0 Å². The van der Waals surface area contributed by atoms with Gasteiger partial charge in [-0.3, -0.25) is 38.8 Å². The molecule has 1 rings (SSSR count). The van der Waals surface area contributed by atoms with Crippen LogP contribution in [0.3, 0.4) is 0 Å². The number of likely N-dealkylation sites (N-methyl/N-ethyl adjacent to an activating group) is 1. The number of esters is 3. The van der Waals surface area contributed by atoms with E-state index in [2.05, 4.69) is 5.32 Å². The number of amides is 1. The maximum atomic E-state index is 12.0. The first kappa shape index (κ1) is 27.8. The van der Waals surface area contributed by atoms with Crippen molar-refractivity contribution in [3.8, 4) is 0 Å².